The molecule has 19 heavy (non-hydrogen) atoms. The van der Waals surface area contributed by atoms with Crippen molar-refractivity contribution in [1.82, 2.24) is 0 Å². The molecule has 102 valence electrons. The Labute approximate surface area is 151 Å². The molecular formula is C14H12Br4S. The van der Waals surface area contributed by atoms with E-state index in [4.69, 9.17) is 0 Å². The summed E-state index contributed by atoms with van der Waals surface area (Å²) in [6.45, 7) is 0. The van der Waals surface area contributed by atoms with Gasteiger partial charge in [0.05, 0.1) is 0 Å². The third-order valence-electron chi connectivity index (χ3n) is 3.16. The van der Waals surface area contributed by atoms with E-state index in [1.165, 1.54) is 14.9 Å². The van der Waals surface area contributed by atoms with Crippen molar-refractivity contribution in [3.63, 3.8) is 0 Å². The molecule has 0 nitrogen and oxygen atoms in total. The van der Waals surface area contributed by atoms with Crippen LogP contribution in [0.4, 0.5) is 0 Å². The Kier molecular flexibility index (Phi) is 6.15. The Morgan fingerprint density at radius 3 is 2.05 bits per heavy atom. The van der Waals surface area contributed by atoms with Crippen LogP contribution in [0.5, 0.6) is 0 Å². The van der Waals surface area contributed by atoms with Gasteiger partial charge in [0.1, 0.15) is 0 Å². The first-order valence-corrected chi connectivity index (χ1v) is 10.4. The zero-order chi connectivity index (χ0) is 13.9. The third kappa shape index (κ3) is 3.73. The lowest BCUT2D eigenvalue weighted by atomic mass is 9.81. The van der Waals surface area contributed by atoms with E-state index >= 15 is 0 Å². The Morgan fingerprint density at radius 2 is 1.58 bits per heavy atom. The highest BCUT2D eigenvalue weighted by molar-refractivity contribution is 9.11. The highest BCUT2D eigenvalue weighted by Crippen LogP contribution is 2.37. The van der Waals surface area contributed by atoms with E-state index in [9.17, 15) is 0 Å². The number of hydrogen-bond donors (Lipinski definition) is 0. The smallest absolute Gasteiger partial charge is 0.0314 e. The van der Waals surface area contributed by atoms with Gasteiger partial charge < -0.3 is 0 Å². The van der Waals surface area contributed by atoms with Gasteiger partial charge in [-0.1, -0.05) is 59.9 Å². The molecule has 5 heteroatoms. The maximum absolute atomic E-state index is 3.71. The van der Waals surface area contributed by atoms with E-state index < -0.39 is 0 Å². The van der Waals surface area contributed by atoms with Crippen LogP contribution in [0.15, 0.2) is 44.7 Å². The first-order valence-electron chi connectivity index (χ1n) is 5.71. The number of rotatable bonds is 5. The summed E-state index contributed by atoms with van der Waals surface area (Å²) < 4.78 is 2.33. The molecule has 0 saturated heterocycles. The normalized spacial score (nSPS) is 11.8. The Morgan fingerprint density at radius 1 is 0.947 bits per heavy atom. The predicted octanol–water partition coefficient (Wildman–Crippen LogP) is 6.54. The summed E-state index contributed by atoms with van der Waals surface area (Å²) in [7, 11) is 0. The van der Waals surface area contributed by atoms with Crippen LogP contribution in [-0.2, 0) is 11.8 Å². The van der Waals surface area contributed by atoms with Gasteiger partial charge in [0.2, 0.25) is 0 Å². The molecule has 0 aliphatic carbocycles. The van der Waals surface area contributed by atoms with Crippen LogP contribution in [0.1, 0.15) is 10.4 Å². The Hall–Kier alpha value is 0.840. The summed E-state index contributed by atoms with van der Waals surface area (Å²) in [5.41, 5.74) is 1.43. The summed E-state index contributed by atoms with van der Waals surface area (Å²) in [4.78, 5) is 1.39. The average Bonchev–Trinajstić information content (AvgIpc) is 2.82. The van der Waals surface area contributed by atoms with E-state index in [0.717, 1.165) is 21.6 Å². The molecule has 1 heterocycles. The molecule has 0 N–H and O–H groups in total. The molecule has 0 fully saturated rings. The fourth-order valence-corrected chi connectivity index (χ4v) is 5.82. The molecule has 1 aromatic carbocycles. The molecule has 0 aliphatic heterocycles. The largest absolute Gasteiger partial charge is 0.148 e. The van der Waals surface area contributed by atoms with Crippen LogP contribution in [0.25, 0.3) is 0 Å². The topological polar surface area (TPSA) is 0 Å². The van der Waals surface area contributed by atoms with Crippen LogP contribution in [0.3, 0.4) is 0 Å². The molecule has 2 rings (SSSR count). The number of halogens is 4. The van der Waals surface area contributed by atoms with Crippen LogP contribution >= 0.6 is 75.1 Å². The van der Waals surface area contributed by atoms with Crippen molar-refractivity contribution >= 4 is 75.1 Å². The molecule has 0 bridgehead atoms. The van der Waals surface area contributed by atoms with Gasteiger partial charge in [0.25, 0.3) is 0 Å². The van der Waals surface area contributed by atoms with Crippen molar-refractivity contribution in [2.24, 2.45) is 0 Å². The Balaban J connectivity index is 2.37. The molecule has 0 spiro atoms. The number of thiophene rings is 1. The van der Waals surface area contributed by atoms with Gasteiger partial charge in [-0.2, -0.15) is 0 Å². The fourth-order valence-electron chi connectivity index (χ4n) is 1.95. The summed E-state index contributed by atoms with van der Waals surface area (Å²) >= 11 is 16.4. The molecule has 0 aliphatic rings. The molecule has 1 aromatic heterocycles. The quantitative estimate of drug-likeness (QED) is 0.384. The van der Waals surface area contributed by atoms with Gasteiger partial charge >= 0.3 is 0 Å². The second-order valence-corrected chi connectivity index (χ2v) is 8.32. The molecular weight excluding hydrogens is 520 g/mol. The zero-order valence-corrected chi connectivity index (χ0v) is 17.2. The minimum Gasteiger partial charge on any atom is -0.148 e. The summed E-state index contributed by atoms with van der Waals surface area (Å²) in [5.74, 6) is 0. The van der Waals surface area contributed by atoms with E-state index in [-0.39, 0.29) is 5.41 Å². The van der Waals surface area contributed by atoms with Crippen LogP contribution in [-0.4, -0.2) is 10.7 Å². The number of hydrogen-bond acceptors (Lipinski definition) is 1. The molecule has 0 amide bonds. The third-order valence-corrected chi connectivity index (χ3v) is 7.76. The van der Waals surface area contributed by atoms with E-state index in [1.54, 1.807) is 0 Å². The molecule has 0 atom stereocenters. The lowest BCUT2D eigenvalue weighted by Gasteiger charge is -2.30. The van der Waals surface area contributed by atoms with Crippen molar-refractivity contribution in [3.8, 4) is 0 Å². The minimum atomic E-state index is 0.0775. The highest BCUT2D eigenvalue weighted by atomic mass is 79.9. The lowest BCUT2D eigenvalue weighted by molar-refractivity contribution is 0.555. The maximum Gasteiger partial charge on any atom is 0.0314 e. The SMILES string of the molecule is BrCC(CBr)(Cc1sccc1Br)c1ccc(Br)cc1. The molecule has 0 saturated carbocycles. The van der Waals surface area contributed by atoms with E-state index in [2.05, 4.69) is 99.4 Å². The average molecular weight is 532 g/mol. The van der Waals surface area contributed by atoms with Crippen molar-refractivity contribution < 1.29 is 0 Å². The highest BCUT2D eigenvalue weighted by Gasteiger charge is 2.31. The second-order valence-electron chi connectivity index (χ2n) is 4.42. The van der Waals surface area contributed by atoms with Crippen LogP contribution in [0.2, 0.25) is 0 Å². The summed E-state index contributed by atoms with van der Waals surface area (Å²) in [5, 5.41) is 3.99. The first kappa shape index (κ1) is 16.2. The zero-order valence-electron chi connectivity index (χ0n) is 10.0. The lowest BCUT2D eigenvalue weighted by Crippen LogP contribution is -2.32. The summed E-state index contributed by atoms with van der Waals surface area (Å²) in [6.07, 6.45) is 1.02. The van der Waals surface area contributed by atoms with Gasteiger partial charge in [-0.05, 0) is 51.5 Å². The van der Waals surface area contributed by atoms with Crippen molar-refractivity contribution in [2.45, 2.75) is 11.8 Å². The van der Waals surface area contributed by atoms with Gasteiger partial charge in [-0.15, -0.1) is 11.3 Å². The van der Waals surface area contributed by atoms with Crippen molar-refractivity contribution in [1.29, 1.82) is 0 Å². The Bertz CT molecular complexity index is 529. The van der Waals surface area contributed by atoms with Crippen LogP contribution in [0, 0.1) is 0 Å². The fraction of sp³-hybridized carbons (Fsp3) is 0.286. The number of benzene rings is 1. The van der Waals surface area contributed by atoms with E-state index in [0.29, 0.717) is 0 Å². The molecule has 0 radical (unpaired) electrons. The van der Waals surface area contributed by atoms with Gasteiger partial charge in [0.15, 0.2) is 0 Å². The van der Waals surface area contributed by atoms with Gasteiger partial charge in [-0.3, -0.25) is 0 Å². The minimum absolute atomic E-state index is 0.0775. The second kappa shape index (κ2) is 7.21. The molecule has 0 unspecified atom stereocenters. The predicted molar refractivity (Wildman–Crippen MR) is 99.1 cm³/mol. The summed E-state index contributed by atoms with van der Waals surface area (Å²) in [6, 6.07) is 10.7. The van der Waals surface area contributed by atoms with E-state index in [1.807, 2.05) is 11.3 Å². The van der Waals surface area contributed by atoms with Crippen molar-refractivity contribution in [2.75, 3.05) is 10.7 Å². The standard InChI is InChI=1S/C14H12Br4S/c15-8-14(9-16,7-13-12(18)5-6-19-13)10-1-3-11(17)4-2-10/h1-6H,7-9H2. The van der Waals surface area contributed by atoms with Gasteiger partial charge in [0, 0.05) is 29.9 Å². The number of alkyl halides is 2. The van der Waals surface area contributed by atoms with Crippen molar-refractivity contribution in [3.05, 3.63) is 55.1 Å². The molecule has 2 aromatic rings. The van der Waals surface area contributed by atoms with Crippen LogP contribution < -0.4 is 0 Å². The van der Waals surface area contributed by atoms with Gasteiger partial charge in [-0.25, -0.2) is 0 Å². The first-order chi connectivity index (χ1) is 9.11. The monoisotopic (exact) mass is 528 g/mol. The maximum atomic E-state index is 3.71.